The topological polar surface area (TPSA) is 55.9 Å². The highest BCUT2D eigenvalue weighted by Crippen LogP contribution is 2.21. The first-order valence-electron chi connectivity index (χ1n) is 10.7. The van der Waals surface area contributed by atoms with Crippen molar-refractivity contribution in [1.29, 1.82) is 0 Å². The number of aryl methyl sites for hydroxylation is 1. The van der Waals surface area contributed by atoms with Gasteiger partial charge in [0.25, 0.3) is 0 Å². The number of nitrogens with zero attached hydrogens (tertiary/aromatic N) is 3. The largest absolute Gasteiger partial charge is 0.340 e. The van der Waals surface area contributed by atoms with Gasteiger partial charge in [-0.1, -0.05) is 29.8 Å². The van der Waals surface area contributed by atoms with Gasteiger partial charge in [0.1, 0.15) is 5.82 Å². The summed E-state index contributed by atoms with van der Waals surface area (Å²) >= 11 is 6.07. The fraction of sp³-hybridized carbons (Fsp3) is 0.417. The summed E-state index contributed by atoms with van der Waals surface area (Å²) in [5.74, 6) is -0.542. The van der Waals surface area contributed by atoms with Crippen molar-refractivity contribution < 1.29 is 14.0 Å². The molecular formula is C24H30ClFN4O2. The number of anilines is 1. The Hall–Kier alpha value is -2.48. The molecule has 2 aromatic rings. The van der Waals surface area contributed by atoms with Gasteiger partial charge < -0.3 is 10.2 Å². The molecule has 6 nitrogen and oxygen atoms in total. The number of amides is 2. The van der Waals surface area contributed by atoms with E-state index < -0.39 is 5.82 Å². The summed E-state index contributed by atoms with van der Waals surface area (Å²) in [6.45, 7) is 7.51. The lowest BCUT2D eigenvalue weighted by Crippen LogP contribution is -2.51. The summed E-state index contributed by atoms with van der Waals surface area (Å²) in [6, 6.07) is 10.4. The quantitative estimate of drug-likeness (QED) is 0.688. The van der Waals surface area contributed by atoms with Gasteiger partial charge in [0, 0.05) is 56.0 Å². The molecule has 1 saturated heterocycles. The molecule has 1 aliphatic rings. The minimum atomic E-state index is -0.412. The predicted octanol–water partition coefficient (Wildman–Crippen LogP) is 3.31. The molecule has 0 unspecified atom stereocenters. The molecule has 0 spiro atoms. The van der Waals surface area contributed by atoms with Crippen LogP contribution in [0.2, 0.25) is 5.02 Å². The van der Waals surface area contributed by atoms with Crippen molar-refractivity contribution in [2.75, 3.05) is 51.6 Å². The lowest BCUT2D eigenvalue weighted by molar-refractivity contribution is -0.132. The van der Waals surface area contributed by atoms with E-state index in [2.05, 4.69) is 15.1 Å². The zero-order valence-corrected chi connectivity index (χ0v) is 19.6. The molecule has 1 aliphatic heterocycles. The van der Waals surface area contributed by atoms with Gasteiger partial charge >= 0.3 is 0 Å². The van der Waals surface area contributed by atoms with Crippen LogP contribution in [0.15, 0.2) is 36.4 Å². The summed E-state index contributed by atoms with van der Waals surface area (Å²) in [4.78, 5) is 30.7. The molecular weight excluding hydrogens is 431 g/mol. The minimum absolute atomic E-state index is 0.0373. The lowest BCUT2D eigenvalue weighted by Gasteiger charge is -2.34. The van der Waals surface area contributed by atoms with Crippen LogP contribution in [0.25, 0.3) is 0 Å². The first-order valence-corrected chi connectivity index (χ1v) is 11.1. The lowest BCUT2D eigenvalue weighted by atomic mass is 10.1. The summed E-state index contributed by atoms with van der Waals surface area (Å²) in [6.07, 6.45) is 0. The van der Waals surface area contributed by atoms with Crippen LogP contribution in [0.3, 0.4) is 0 Å². The Balaban J connectivity index is 1.43. The molecule has 8 heteroatoms. The third-order valence-corrected chi connectivity index (χ3v) is 6.31. The molecule has 0 atom stereocenters. The zero-order valence-electron chi connectivity index (χ0n) is 18.8. The first kappa shape index (κ1) is 24.2. The van der Waals surface area contributed by atoms with E-state index in [1.807, 2.05) is 32.0 Å². The average Bonchev–Trinajstić information content (AvgIpc) is 2.75. The van der Waals surface area contributed by atoms with E-state index in [1.54, 1.807) is 19.2 Å². The van der Waals surface area contributed by atoms with Gasteiger partial charge in [-0.05, 0) is 43.2 Å². The van der Waals surface area contributed by atoms with Crippen molar-refractivity contribution in [2.24, 2.45) is 0 Å². The number of piperazine rings is 1. The molecule has 1 heterocycles. The van der Waals surface area contributed by atoms with E-state index in [0.717, 1.165) is 16.8 Å². The molecule has 2 amide bonds. The molecule has 1 N–H and O–H groups in total. The van der Waals surface area contributed by atoms with Crippen LogP contribution in [0.5, 0.6) is 0 Å². The average molecular weight is 461 g/mol. The number of hydrogen-bond acceptors (Lipinski definition) is 4. The Morgan fingerprint density at radius 2 is 1.66 bits per heavy atom. The molecule has 0 aromatic heterocycles. The van der Waals surface area contributed by atoms with Gasteiger partial charge in [0.2, 0.25) is 11.8 Å². The van der Waals surface area contributed by atoms with E-state index in [4.69, 9.17) is 11.6 Å². The fourth-order valence-corrected chi connectivity index (χ4v) is 3.93. The predicted molar refractivity (Wildman–Crippen MR) is 125 cm³/mol. The van der Waals surface area contributed by atoms with Crippen molar-refractivity contribution in [1.82, 2.24) is 14.7 Å². The number of carbonyl (C=O) groups is 2. The Kier molecular flexibility index (Phi) is 8.23. The van der Waals surface area contributed by atoms with E-state index >= 15 is 0 Å². The molecule has 0 saturated carbocycles. The Morgan fingerprint density at radius 3 is 2.31 bits per heavy atom. The van der Waals surface area contributed by atoms with Gasteiger partial charge in [-0.15, -0.1) is 0 Å². The fourth-order valence-electron chi connectivity index (χ4n) is 3.71. The molecule has 0 aliphatic carbocycles. The summed E-state index contributed by atoms with van der Waals surface area (Å²) < 4.78 is 14.0. The van der Waals surface area contributed by atoms with Gasteiger partial charge in [-0.25, -0.2) is 4.39 Å². The maximum Gasteiger partial charge on any atom is 0.238 e. The van der Waals surface area contributed by atoms with Crippen molar-refractivity contribution in [3.05, 3.63) is 63.9 Å². The third kappa shape index (κ3) is 6.28. The molecule has 32 heavy (non-hydrogen) atoms. The number of carbonyl (C=O) groups excluding carboxylic acids is 2. The van der Waals surface area contributed by atoms with Crippen LogP contribution in [-0.2, 0) is 16.1 Å². The van der Waals surface area contributed by atoms with E-state index in [0.29, 0.717) is 43.3 Å². The molecule has 2 aromatic carbocycles. The van der Waals surface area contributed by atoms with Crippen LogP contribution >= 0.6 is 11.6 Å². The standard InChI is InChI=1S/C24H30ClFN4O2/c1-17-6-4-9-22(18(17)2)27-23(31)15-29-10-12-30(13-11-29)16-24(32)28(3)14-19-20(25)7-5-8-21(19)26/h4-9H,10-16H2,1-3H3,(H,27,31). The van der Waals surface area contributed by atoms with E-state index in [1.165, 1.54) is 11.0 Å². The second-order valence-electron chi connectivity index (χ2n) is 8.30. The first-order chi connectivity index (χ1) is 15.2. The van der Waals surface area contributed by atoms with Crippen molar-refractivity contribution in [2.45, 2.75) is 20.4 Å². The zero-order chi connectivity index (χ0) is 23.3. The van der Waals surface area contributed by atoms with Gasteiger partial charge in [-0.3, -0.25) is 19.4 Å². The third-order valence-electron chi connectivity index (χ3n) is 5.95. The van der Waals surface area contributed by atoms with E-state index in [9.17, 15) is 14.0 Å². The van der Waals surface area contributed by atoms with Crippen LogP contribution in [0.1, 0.15) is 16.7 Å². The highest BCUT2D eigenvalue weighted by Gasteiger charge is 2.23. The maximum absolute atomic E-state index is 14.0. The molecule has 0 radical (unpaired) electrons. The number of nitrogens with one attached hydrogen (secondary N) is 1. The number of rotatable bonds is 7. The molecule has 3 rings (SSSR count). The smallest absolute Gasteiger partial charge is 0.238 e. The van der Waals surface area contributed by atoms with Crippen LogP contribution in [0, 0.1) is 19.7 Å². The highest BCUT2D eigenvalue weighted by molar-refractivity contribution is 6.31. The second-order valence-corrected chi connectivity index (χ2v) is 8.71. The summed E-state index contributed by atoms with van der Waals surface area (Å²) in [5.41, 5.74) is 3.38. The normalized spacial score (nSPS) is 14.9. The van der Waals surface area contributed by atoms with Crippen LogP contribution in [-0.4, -0.2) is 72.8 Å². The Morgan fingerprint density at radius 1 is 1.03 bits per heavy atom. The van der Waals surface area contributed by atoms with Crippen molar-refractivity contribution >= 4 is 29.1 Å². The Bertz CT molecular complexity index is 956. The maximum atomic E-state index is 14.0. The van der Waals surface area contributed by atoms with Crippen molar-refractivity contribution in [3.63, 3.8) is 0 Å². The molecule has 1 fully saturated rings. The van der Waals surface area contributed by atoms with Crippen LogP contribution < -0.4 is 5.32 Å². The number of likely N-dealkylation sites (N-methyl/N-ethyl adjacent to an activating group) is 1. The summed E-state index contributed by atoms with van der Waals surface area (Å²) in [7, 11) is 1.65. The number of benzene rings is 2. The van der Waals surface area contributed by atoms with Crippen molar-refractivity contribution in [3.8, 4) is 0 Å². The number of hydrogen-bond donors (Lipinski definition) is 1. The van der Waals surface area contributed by atoms with Gasteiger partial charge in [-0.2, -0.15) is 0 Å². The Labute approximate surface area is 193 Å². The molecule has 172 valence electrons. The SMILES string of the molecule is Cc1cccc(NC(=O)CN2CCN(CC(=O)N(C)Cc3c(F)cccc3Cl)CC2)c1C. The minimum Gasteiger partial charge on any atom is -0.340 e. The monoisotopic (exact) mass is 460 g/mol. The molecule has 0 bridgehead atoms. The number of halogens is 2. The van der Waals surface area contributed by atoms with E-state index in [-0.39, 0.29) is 24.9 Å². The van der Waals surface area contributed by atoms with Crippen LogP contribution in [0.4, 0.5) is 10.1 Å². The summed E-state index contributed by atoms with van der Waals surface area (Å²) in [5, 5.41) is 3.31. The highest BCUT2D eigenvalue weighted by atomic mass is 35.5. The second kappa shape index (κ2) is 10.9. The van der Waals surface area contributed by atoms with Gasteiger partial charge in [0.05, 0.1) is 13.1 Å². The van der Waals surface area contributed by atoms with Gasteiger partial charge in [0.15, 0.2) is 0 Å².